The third-order valence-electron chi connectivity index (χ3n) is 6.50. The number of fused-ring (bicyclic) bond motifs is 2. The summed E-state index contributed by atoms with van der Waals surface area (Å²) in [6, 6.07) is 39.5. The summed E-state index contributed by atoms with van der Waals surface area (Å²) in [6.45, 7) is 0. The number of benzene rings is 4. The zero-order chi connectivity index (χ0) is 21.6. The predicted octanol–water partition coefficient (Wildman–Crippen LogP) is 7.57. The van der Waals surface area contributed by atoms with Gasteiger partial charge in [-0.1, -0.05) is 97.1 Å². The summed E-state index contributed by atoms with van der Waals surface area (Å²) in [6.07, 6.45) is 4.70. The molecule has 0 aliphatic carbocycles. The van der Waals surface area contributed by atoms with E-state index >= 15 is 0 Å². The normalized spacial score (nSPS) is 18.6. The Morgan fingerprint density at radius 1 is 0.438 bits per heavy atom. The Labute approximate surface area is 191 Å². The highest BCUT2D eigenvalue weighted by Crippen LogP contribution is 2.33. The molecule has 6 rings (SSSR count). The standard InChI is InChI=1S/2C15H15N/c2*1-2-6-12(7-3-1)15-11-10-13-8-4-5-9-14(13)16-15/h2*1-9,15-16H,10-11H2/t15-;/m0./s1. The lowest BCUT2D eigenvalue weighted by Gasteiger charge is -2.27. The van der Waals surface area contributed by atoms with Crippen molar-refractivity contribution in [2.75, 3.05) is 10.6 Å². The molecule has 0 spiro atoms. The van der Waals surface area contributed by atoms with Crippen LogP contribution in [-0.2, 0) is 12.8 Å². The number of aryl methyl sites for hydroxylation is 2. The zero-order valence-electron chi connectivity index (χ0n) is 18.4. The van der Waals surface area contributed by atoms with E-state index < -0.39 is 0 Å². The molecule has 2 N–H and O–H groups in total. The van der Waals surface area contributed by atoms with Crippen molar-refractivity contribution >= 4 is 11.4 Å². The van der Waals surface area contributed by atoms with E-state index in [-0.39, 0.29) is 0 Å². The van der Waals surface area contributed by atoms with Crippen LogP contribution >= 0.6 is 0 Å². The summed E-state index contributed by atoms with van der Waals surface area (Å²) < 4.78 is 0. The van der Waals surface area contributed by atoms with Gasteiger partial charge in [-0.15, -0.1) is 0 Å². The molecule has 2 aliphatic heterocycles. The average Bonchev–Trinajstić information content (AvgIpc) is 2.89. The fraction of sp³-hybridized carbons (Fsp3) is 0.200. The smallest absolute Gasteiger partial charge is 0.0517 e. The number of hydrogen-bond donors (Lipinski definition) is 2. The summed E-state index contributed by atoms with van der Waals surface area (Å²) in [5, 5.41) is 7.23. The number of nitrogens with one attached hydrogen (secondary N) is 2. The van der Waals surface area contributed by atoms with Gasteiger partial charge in [-0.05, 0) is 60.1 Å². The monoisotopic (exact) mass is 418 g/mol. The molecule has 0 amide bonds. The summed E-state index contributed by atoms with van der Waals surface area (Å²) in [5.74, 6) is 0. The van der Waals surface area contributed by atoms with Gasteiger partial charge < -0.3 is 10.6 Å². The minimum absolute atomic E-state index is 0.469. The molecule has 2 heterocycles. The number of para-hydroxylation sites is 2. The van der Waals surface area contributed by atoms with Crippen LogP contribution in [0.4, 0.5) is 11.4 Å². The molecule has 0 bridgehead atoms. The van der Waals surface area contributed by atoms with Crippen molar-refractivity contribution in [2.24, 2.45) is 0 Å². The van der Waals surface area contributed by atoms with E-state index in [2.05, 4.69) is 120 Å². The van der Waals surface area contributed by atoms with Crippen LogP contribution in [0.3, 0.4) is 0 Å². The molecule has 0 saturated heterocycles. The summed E-state index contributed by atoms with van der Waals surface area (Å²) in [7, 11) is 0. The summed E-state index contributed by atoms with van der Waals surface area (Å²) >= 11 is 0. The van der Waals surface area contributed by atoms with Gasteiger partial charge in [0.2, 0.25) is 0 Å². The van der Waals surface area contributed by atoms with Crippen molar-refractivity contribution in [2.45, 2.75) is 37.8 Å². The quantitative estimate of drug-likeness (QED) is 0.351. The van der Waals surface area contributed by atoms with Gasteiger partial charge >= 0.3 is 0 Å². The molecule has 0 radical (unpaired) electrons. The Kier molecular flexibility index (Phi) is 6.20. The largest absolute Gasteiger partial charge is 0.378 e. The summed E-state index contributed by atoms with van der Waals surface area (Å²) in [5.41, 5.74) is 8.24. The Hall–Kier alpha value is -3.52. The van der Waals surface area contributed by atoms with Crippen LogP contribution in [0.15, 0.2) is 109 Å². The van der Waals surface area contributed by atoms with Gasteiger partial charge in [-0.3, -0.25) is 0 Å². The van der Waals surface area contributed by atoms with Gasteiger partial charge in [-0.2, -0.15) is 0 Å². The molecular weight excluding hydrogens is 388 g/mol. The highest BCUT2D eigenvalue weighted by Gasteiger charge is 2.19. The minimum Gasteiger partial charge on any atom is -0.378 e. The lowest BCUT2D eigenvalue weighted by atomic mass is 9.94. The molecule has 0 saturated carbocycles. The Bertz CT molecular complexity index is 1040. The first-order valence-corrected chi connectivity index (χ1v) is 11.7. The second-order valence-corrected chi connectivity index (χ2v) is 8.61. The van der Waals surface area contributed by atoms with Crippen molar-refractivity contribution in [3.63, 3.8) is 0 Å². The van der Waals surface area contributed by atoms with Gasteiger partial charge in [0.05, 0.1) is 12.1 Å². The first-order chi connectivity index (χ1) is 15.9. The Balaban J connectivity index is 0.000000135. The van der Waals surface area contributed by atoms with E-state index in [1.807, 2.05) is 0 Å². The first kappa shape index (κ1) is 20.4. The SMILES string of the molecule is c1ccc(C2CCc3ccccc3N2)cc1.c1ccc([C@@H]2CCc3ccccc3N2)cc1. The van der Waals surface area contributed by atoms with Crippen molar-refractivity contribution in [3.8, 4) is 0 Å². The fourth-order valence-electron chi connectivity index (χ4n) is 4.75. The second kappa shape index (κ2) is 9.74. The van der Waals surface area contributed by atoms with Crippen LogP contribution in [-0.4, -0.2) is 0 Å². The van der Waals surface area contributed by atoms with E-state index in [0.717, 1.165) is 0 Å². The number of rotatable bonds is 2. The first-order valence-electron chi connectivity index (χ1n) is 11.7. The molecule has 2 aliphatic rings. The highest BCUT2D eigenvalue weighted by atomic mass is 14.9. The van der Waals surface area contributed by atoms with Crippen LogP contribution in [0.2, 0.25) is 0 Å². The van der Waals surface area contributed by atoms with Crippen molar-refractivity contribution < 1.29 is 0 Å². The van der Waals surface area contributed by atoms with Crippen molar-refractivity contribution in [3.05, 3.63) is 131 Å². The molecule has 4 aromatic rings. The average molecular weight is 419 g/mol. The third-order valence-corrected chi connectivity index (χ3v) is 6.50. The van der Waals surface area contributed by atoms with Crippen LogP contribution < -0.4 is 10.6 Å². The Morgan fingerprint density at radius 2 is 0.812 bits per heavy atom. The molecule has 0 fully saturated rings. The molecule has 32 heavy (non-hydrogen) atoms. The van der Waals surface area contributed by atoms with Crippen LogP contribution in [0.1, 0.15) is 47.2 Å². The van der Waals surface area contributed by atoms with Crippen molar-refractivity contribution in [1.29, 1.82) is 0 Å². The van der Waals surface area contributed by atoms with Gasteiger partial charge in [0.1, 0.15) is 0 Å². The maximum atomic E-state index is 3.61. The molecule has 2 atom stereocenters. The maximum absolute atomic E-state index is 3.61. The fourth-order valence-corrected chi connectivity index (χ4v) is 4.75. The predicted molar refractivity (Wildman–Crippen MR) is 135 cm³/mol. The molecule has 0 aromatic heterocycles. The van der Waals surface area contributed by atoms with Crippen molar-refractivity contribution in [1.82, 2.24) is 0 Å². The third kappa shape index (κ3) is 4.70. The van der Waals surface area contributed by atoms with Gasteiger partial charge in [-0.25, -0.2) is 0 Å². The van der Waals surface area contributed by atoms with Crippen LogP contribution in [0.5, 0.6) is 0 Å². The Morgan fingerprint density at radius 3 is 1.25 bits per heavy atom. The molecule has 160 valence electrons. The van der Waals surface area contributed by atoms with Gasteiger partial charge in [0.25, 0.3) is 0 Å². The molecule has 2 heteroatoms. The van der Waals surface area contributed by atoms with Gasteiger partial charge in [0, 0.05) is 11.4 Å². The van der Waals surface area contributed by atoms with E-state index in [1.165, 1.54) is 59.3 Å². The number of hydrogen-bond acceptors (Lipinski definition) is 2. The maximum Gasteiger partial charge on any atom is 0.0517 e. The lowest BCUT2D eigenvalue weighted by molar-refractivity contribution is 0.668. The second-order valence-electron chi connectivity index (χ2n) is 8.61. The molecule has 2 nitrogen and oxygen atoms in total. The zero-order valence-corrected chi connectivity index (χ0v) is 18.4. The van der Waals surface area contributed by atoms with Gasteiger partial charge in [0.15, 0.2) is 0 Å². The van der Waals surface area contributed by atoms with E-state index in [0.29, 0.717) is 12.1 Å². The molecular formula is C30H30N2. The van der Waals surface area contributed by atoms with E-state index in [1.54, 1.807) is 0 Å². The topological polar surface area (TPSA) is 24.1 Å². The minimum atomic E-state index is 0.469. The highest BCUT2D eigenvalue weighted by molar-refractivity contribution is 5.55. The number of anilines is 2. The lowest BCUT2D eigenvalue weighted by Crippen LogP contribution is -2.17. The van der Waals surface area contributed by atoms with E-state index in [9.17, 15) is 0 Å². The van der Waals surface area contributed by atoms with Crippen LogP contribution in [0, 0.1) is 0 Å². The van der Waals surface area contributed by atoms with E-state index in [4.69, 9.17) is 0 Å². The molecule has 1 unspecified atom stereocenters. The summed E-state index contributed by atoms with van der Waals surface area (Å²) in [4.78, 5) is 0. The van der Waals surface area contributed by atoms with Crippen LogP contribution in [0.25, 0.3) is 0 Å². The molecule has 4 aromatic carbocycles.